The van der Waals surface area contributed by atoms with E-state index >= 15 is 0 Å². The maximum Gasteiger partial charge on any atom is 0.283 e. The number of hydrogen-bond acceptors (Lipinski definition) is 2. The maximum absolute atomic E-state index is 10.5. The average molecular weight is 265 g/mol. The first kappa shape index (κ1) is 10.5. The molecule has 0 amide bonds. The highest BCUT2D eigenvalue weighted by Crippen LogP contribution is 2.30. The van der Waals surface area contributed by atoms with Gasteiger partial charge >= 0.3 is 0 Å². The summed E-state index contributed by atoms with van der Waals surface area (Å²) in [6, 6.07) is 3.13. The van der Waals surface area contributed by atoms with Crippen molar-refractivity contribution >= 4 is 33.2 Å². The molecule has 1 aromatic rings. The van der Waals surface area contributed by atoms with Crippen LogP contribution in [0.2, 0.25) is 0 Å². The Hall–Kier alpha value is -0.610. The molecule has 0 aliphatic heterocycles. The summed E-state index contributed by atoms with van der Waals surface area (Å²) in [5.41, 5.74) is 1.80. The summed E-state index contributed by atoms with van der Waals surface area (Å²) in [7, 11) is 0. The van der Waals surface area contributed by atoms with Crippen LogP contribution in [0.3, 0.4) is 0 Å². The van der Waals surface area contributed by atoms with Gasteiger partial charge in [-0.1, -0.05) is 6.07 Å². The summed E-state index contributed by atoms with van der Waals surface area (Å²) in [5.74, 6) is 0.364. The summed E-state index contributed by atoms with van der Waals surface area (Å²) in [5, 5.41) is 10.5. The molecule has 0 fully saturated rings. The molecule has 5 heteroatoms. The van der Waals surface area contributed by atoms with Crippen molar-refractivity contribution in [3.8, 4) is 0 Å². The molecule has 0 saturated carbocycles. The largest absolute Gasteiger partial charge is 0.283 e. The van der Waals surface area contributed by atoms with Crippen LogP contribution >= 0.6 is 27.5 Å². The second kappa shape index (κ2) is 4.07. The van der Waals surface area contributed by atoms with E-state index in [0.29, 0.717) is 10.4 Å². The molecule has 0 aliphatic rings. The smallest absolute Gasteiger partial charge is 0.258 e. The molecule has 1 rings (SSSR count). The molecule has 0 heterocycles. The summed E-state index contributed by atoms with van der Waals surface area (Å²) in [4.78, 5) is 10.1. The Balaban J connectivity index is 3.31. The fourth-order valence-electron chi connectivity index (χ4n) is 0.997. The third-order valence-corrected chi connectivity index (χ3v) is 3.11. The van der Waals surface area contributed by atoms with E-state index in [4.69, 9.17) is 11.6 Å². The standard InChI is InChI=1S/C8H7BrClNO2/c1-5-6(4-10)2-3-7(8(5)9)11(12)13/h2-3H,4H2,1H3. The van der Waals surface area contributed by atoms with Gasteiger partial charge in [0.2, 0.25) is 0 Å². The number of halogens is 2. The number of alkyl halides is 1. The van der Waals surface area contributed by atoms with Crippen LogP contribution in [0.4, 0.5) is 5.69 Å². The van der Waals surface area contributed by atoms with E-state index in [-0.39, 0.29) is 5.69 Å². The lowest BCUT2D eigenvalue weighted by atomic mass is 10.1. The molecule has 3 nitrogen and oxygen atoms in total. The van der Waals surface area contributed by atoms with Gasteiger partial charge < -0.3 is 0 Å². The van der Waals surface area contributed by atoms with Gasteiger partial charge in [-0.15, -0.1) is 11.6 Å². The summed E-state index contributed by atoms with van der Waals surface area (Å²) < 4.78 is 0.510. The highest BCUT2D eigenvalue weighted by molar-refractivity contribution is 9.10. The molecule has 0 aliphatic carbocycles. The van der Waals surface area contributed by atoms with Crippen LogP contribution < -0.4 is 0 Å². The summed E-state index contributed by atoms with van der Waals surface area (Å²) >= 11 is 8.82. The molecule has 13 heavy (non-hydrogen) atoms. The Kier molecular flexibility index (Phi) is 3.27. The second-order valence-corrected chi connectivity index (χ2v) is 3.63. The zero-order valence-electron chi connectivity index (χ0n) is 6.88. The van der Waals surface area contributed by atoms with E-state index in [9.17, 15) is 10.1 Å². The van der Waals surface area contributed by atoms with E-state index in [1.54, 1.807) is 13.0 Å². The first-order valence-corrected chi connectivity index (χ1v) is 4.89. The van der Waals surface area contributed by atoms with Crippen molar-refractivity contribution in [2.24, 2.45) is 0 Å². The molecule has 0 spiro atoms. The molecule has 0 bridgehead atoms. The fourth-order valence-corrected chi connectivity index (χ4v) is 1.82. The highest BCUT2D eigenvalue weighted by atomic mass is 79.9. The van der Waals surface area contributed by atoms with E-state index in [1.165, 1.54) is 6.07 Å². The first-order valence-electron chi connectivity index (χ1n) is 3.56. The van der Waals surface area contributed by atoms with Crippen LogP contribution in [0.5, 0.6) is 0 Å². The highest BCUT2D eigenvalue weighted by Gasteiger charge is 2.15. The molecule has 0 unspecified atom stereocenters. The Labute approximate surface area is 89.0 Å². The monoisotopic (exact) mass is 263 g/mol. The van der Waals surface area contributed by atoms with Crippen LogP contribution in [0.25, 0.3) is 0 Å². The third-order valence-electron chi connectivity index (χ3n) is 1.82. The number of hydrogen-bond donors (Lipinski definition) is 0. The van der Waals surface area contributed by atoms with Crippen LogP contribution in [-0.4, -0.2) is 4.92 Å². The number of rotatable bonds is 2. The van der Waals surface area contributed by atoms with Gasteiger partial charge in [-0.25, -0.2) is 0 Å². The number of nitrogens with zero attached hydrogens (tertiary/aromatic N) is 1. The molecular formula is C8H7BrClNO2. The molecule has 70 valence electrons. The minimum absolute atomic E-state index is 0.0753. The lowest BCUT2D eigenvalue weighted by molar-refractivity contribution is -0.385. The van der Waals surface area contributed by atoms with Gasteiger partial charge in [0.25, 0.3) is 5.69 Å². The third kappa shape index (κ3) is 2.00. The minimum atomic E-state index is -0.422. The van der Waals surface area contributed by atoms with Gasteiger partial charge in [-0.3, -0.25) is 10.1 Å². The van der Waals surface area contributed by atoms with Gasteiger partial charge in [-0.05, 0) is 34.0 Å². The van der Waals surface area contributed by atoms with E-state index in [0.717, 1.165) is 11.1 Å². The molecule has 0 atom stereocenters. The van der Waals surface area contributed by atoms with Crippen molar-refractivity contribution in [3.05, 3.63) is 37.8 Å². The van der Waals surface area contributed by atoms with Crippen LogP contribution in [-0.2, 0) is 5.88 Å². The zero-order chi connectivity index (χ0) is 10.0. The predicted octanol–water partition coefficient (Wildman–Crippen LogP) is 3.40. The number of benzene rings is 1. The van der Waals surface area contributed by atoms with Crippen LogP contribution in [0.1, 0.15) is 11.1 Å². The zero-order valence-corrected chi connectivity index (χ0v) is 9.22. The van der Waals surface area contributed by atoms with Gasteiger partial charge in [-0.2, -0.15) is 0 Å². The molecule has 0 saturated heterocycles. The van der Waals surface area contributed by atoms with Crippen molar-refractivity contribution in [2.45, 2.75) is 12.8 Å². The molecular weight excluding hydrogens is 257 g/mol. The fraction of sp³-hybridized carbons (Fsp3) is 0.250. The van der Waals surface area contributed by atoms with Crippen molar-refractivity contribution < 1.29 is 4.92 Å². The quantitative estimate of drug-likeness (QED) is 0.467. The first-order chi connectivity index (χ1) is 6.07. The van der Waals surface area contributed by atoms with Crippen LogP contribution in [0, 0.1) is 17.0 Å². The Morgan fingerprint density at radius 3 is 2.69 bits per heavy atom. The molecule has 0 radical (unpaired) electrons. The van der Waals surface area contributed by atoms with Gasteiger partial charge in [0.05, 0.1) is 9.40 Å². The Bertz CT molecular complexity index is 354. The average Bonchev–Trinajstić information content (AvgIpc) is 2.09. The molecule has 0 aromatic heterocycles. The number of nitro benzene ring substituents is 1. The normalized spacial score (nSPS) is 10.1. The van der Waals surface area contributed by atoms with E-state index in [1.807, 2.05) is 0 Å². The van der Waals surface area contributed by atoms with Crippen LogP contribution in [0.15, 0.2) is 16.6 Å². The van der Waals surface area contributed by atoms with Crippen molar-refractivity contribution in [1.29, 1.82) is 0 Å². The predicted molar refractivity (Wildman–Crippen MR) is 55.1 cm³/mol. The Morgan fingerprint density at radius 1 is 1.62 bits per heavy atom. The van der Waals surface area contributed by atoms with E-state index < -0.39 is 4.92 Å². The SMILES string of the molecule is Cc1c(CCl)ccc([N+](=O)[O-])c1Br. The van der Waals surface area contributed by atoms with Crippen molar-refractivity contribution in [2.75, 3.05) is 0 Å². The second-order valence-electron chi connectivity index (χ2n) is 2.57. The Morgan fingerprint density at radius 2 is 2.23 bits per heavy atom. The van der Waals surface area contributed by atoms with Gasteiger partial charge in [0.1, 0.15) is 0 Å². The minimum Gasteiger partial charge on any atom is -0.258 e. The summed E-state index contributed by atoms with van der Waals surface area (Å²) in [6.45, 7) is 1.80. The topological polar surface area (TPSA) is 43.1 Å². The lowest BCUT2D eigenvalue weighted by Crippen LogP contribution is -1.94. The summed E-state index contributed by atoms with van der Waals surface area (Å²) in [6.07, 6.45) is 0. The molecule has 0 N–H and O–H groups in total. The van der Waals surface area contributed by atoms with Gasteiger partial charge in [0.15, 0.2) is 0 Å². The maximum atomic E-state index is 10.5. The molecule has 1 aromatic carbocycles. The van der Waals surface area contributed by atoms with Gasteiger partial charge in [0, 0.05) is 11.9 Å². The lowest BCUT2D eigenvalue weighted by Gasteiger charge is -2.04. The van der Waals surface area contributed by atoms with Crippen molar-refractivity contribution in [1.82, 2.24) is 0 Å². The van der Waals surface area contributed by atoms with E-state index in [2.05, 4.69) is 15.9 Å². The van der Waals surface area contributed by atoms with Crippen molar-refractivity contribution in [3.63, 3.8) is 0 Å². The number of nitro groups is 1.